The van der Waals surface area contributed by atoms with Crippen LogP contribution in [0.5, 0.6) is 0 Å². The van der Waals surface area contributed by atoms with Crippen molar-refractivity contribution in [2.45, 2.75) is 43.5 Å². The molecule has 30 heavy (non-hydrogen) atoms. The zero-order valence-electron chi connectivity index (χ0n) is 17.0. The van der Waals surface area contributed by atoms with Gasteiger partial charge in [-0.15, -0.1) is 0 Å². The average Bonchev–Trinajstić information content (AvgIpc) is 2.99. The zero-order chi connectivity index (χ0) is 21.1. The van der Waals surface area contributed by atoms with Crippen molar-refractivity contribution in [3.63, 3.8) is 0 Å². The van der Waals surface area contributed by atoms with E-state index in [4.69, 9.17) is 0 Å². The number of hydrogen-bond donors (Lipinski definition) is 2. The van der Waals surface area contributed by atoms with E-state index >= 15 is 0 Å². The van der Waals surface area contributed by atoms with Crippen LogP contribution >= 0.6 is 0 Å². The molecule has 2 N–H and O–H groups in total. The number of carbonyl (C=O) groups excluding carboxylic acids is 1. The molecule has 1 aliphatic heterocycles. The summed E-state index contributed by atoms with van der Waals surface area (Å²) in [6.45, 7) is 2.90. The fraction of sp³-hybridized carbons (Fsp3) is 0.364. The fourth-order valence-electron chi connectivity index (χ4n) is 3.75. The van der Waals surface area contributed by atoms with Crippen molar-refractivity contribution < 1.29 is 13.2 Å². The van der Waals surface area contributed by atoms with Crippen LogP contribution in [-0.2, 0) is 10.0 Å². The second-order valence-electron chi connectivity index (χ2n) is 7.68. The molecule has 1 atom stereocenters. The fourth-order valence-corrected chi connectivity index (χ4v) is 5.32. The summed E-state index contributed by atoms with van der Waals surface area (Å²) in [6.07, 6.45) is 3.84. The first kappa shape index (κ1) is 20.6. The molecule has 3 aromatic rings. The maximum atomic E-state index is 13.0. The monoisotopic (exact) mass is 426 g/mol. The summed E-state index contributed by atoms with van der Waals surface area (Å²) in [5.74, 6) is 0.314. The van der Waals surface area contributed by atoms with Crippen molar-refractivity contribution in [3.8, 4) is 0 Å². The number of aromatic nitrogens is 2. The van der Waals surface area contributed by atoms with E-state index < -0.39 is 10.0 Å². The Morgan fingerprint density at radius 2 is 1.80 bits per heavy atom. The minimum absolute atomic E-state index is 0.161. The van der Waals surface area contributed by atoms with Gasteiger partial charge in [-0.2, -0.15) is 4.31 Å². The molecule has 0 aliphatic carbocycles. The van der Waals surface area contributed by atoms with E-state index in [0.717, 1.165) is 36.7 Å². The van der Waals surface area contributed by atoms with E-state index in [-0.39, 0.29) is 16.8 Å². The molecule has 0 spiro atoms. The lowest BCUT2D eigenvalue weighted by atomic mass is 10.2. The summed E-state index contributed by atoms with van der Waals surface area (Å²) in [4.78, 5) is 20.7. The van der Waals surface area contributed by atoms with Crippen LogP contribution in [0.3, 0.4) is 0 Å². The molecule has 1 aromatic heterocycles. The molecule has 158 valence electrons. The first-order valence-electron chi connectivity index (χ1n) is 10.3. The van der Waals surface area contributed by atoms with Crippen molar-refractivity contribution >= 4 is 27.0 Å². The van der Waals surface area contributed by atoms with Gasteiger partial charge in [0.2, 0.25) is 10.0 Å². The Morgan fingerprint density at radius 1 is 1.07 bits per heavy atom. The lowest BCUT2D eigenvalue weighted by Gasteiger charge is -2.20. The Hall–Kier alpha value is -2.71. The molecule has 1 unspecified atom stereocenters. The van der Waals surface area contributed by atoms with Gasteiger partial charge in [-0.1, -0.05) is 31.0 Å². The standard InChI is InChI=1S/C22H26N4O3S/c1-16(21-24-19-11-4-5-12-20(19)25-21)23-22(27)17-9-8-10-18(15-17)30(28,29)26-13-6-2-3-7-14-26/h4-5,8-12,15-16H,2-3,6-7,13-14H2,1H3,(H,23,27)(H,24,25). The van der Waals surface area contributed by atoms with Crippen molar-refractivity contribution in [2.75, 3.05) is 13.1 Å². The molecule has 1 amide bonds. The van der Waals surface area contributed by atoms with Gasteiger partial charge in [-0.3, -0.25) is 4.79 Å². The van der Waals surface area contributed by atoms with Crippen LogP contribution in [0.25, 0.3) is 11.0 Å². The highest BCUT2D eigenvalue weighted by atomic mass is 32.2. The van der Waals surface area contributed by atoms with E-state index in [1.807, 2.05) is 31.2 Å². The zero-order valence-corrected chi connectivity index (χ0v) is 17.8. The third kappa shape index (κ3) is 4.24. The number of nitrogens with zero attached hydrogens (tertiary/aromatic N) is 2. The molecule has 8 heteroatoms. The molecule has 1 fully saturated rings. The second-order valence-corrected chi connectivity index (χ2v) is 9.62. The summed E-state index contributed by atoms with van der Waals surface area (Å²) in [6, 6.07) is 13.6. The van der Waals surface area contributed by atoms with Crippen LogP contribution in [-0.4, -0.2) is 41.7 Å². The molecular weight excluding hydrogens is 400 g/mol. The van der Waals surface area contributed by atoms with Gasteiger partial charge < -0.3 is 10.3 Å². The molecule has 2 heterocycles. The number of imidazole rings is 1. The molecule has 1 aliphatic rings. The molecule has 7 nitrogen and oxygen atoms in total. The highest BCUT2D eigenvalue weighted by molar-refractivity contribution is 7.89. The number of para-hydroxylation sites is 2. The highest BCUT2D eigenvalue weighted by Crippen LogP contribution is 2.22. The quantitative estimate of drug-likeness (QED) is 0.651. The van der Waals surface area contributed by atoms with E-state index in [1.54, 1.807) is 18.2 Å². The maximum absolute atomic E-state index is 13.0. The second kappa shape index (κ2) is 8.57. The Balaban J connectivity index is 1.52. The lowest BCUT2D eigenvalue weighted by molar-refractivity contribution is 0.0938. The number of carbonyl (C=O) groups is 1. The number of H-pyrrole nitrogens is 1. The van der Waals surface area contributed by atoms with Crippen LogP contribution in [0.2, 0.25) is 0 Å². The molecule has 0 bridgehead atoms. The van der Waals surface area contributed by atoms with Crippen LogP contribution in [0.15, 0.2) is 53.4 Å². The number of benzene rings is 2. The van der Waals surface area contributed by atoms with Crippen molar-refractivity contribution in [1.29, 1.82) is 0 Å². The molecule has 1 saturated heterocycles. The third-order valence-electron chi connectivity index (χ3n) is 5.46. The van der Waals surface area contributed by atoms with Gasteiger partial charge in [0.25, 0.3) is 5.91 Å². The summed E-state index contributed by atoms with van der Waals surface area (Å²) < 4.78 is 27.6. The lowest BCUT2D eigenvalue weighted by Crippen LogP contribution is -2.32. The summed E-state index contributed by atoms with van der Waals surface area (Å²) in [5.41, 5.74) is 2.05. The van der Waals surface area contributed by atoms with E-state index in [2.05, 4.69) is 15.3 Å². The van der Waals surface area contributed by atoms with Crippen molar-refractivity contribution in [3.05, 3.63) is 59.9 Å². The van der Waals surface area contributed by atoms with Gasteiger partial charge in [0, 0.05) is 18.7 Å². The van der Waals surface area contributed by atoms with E-state index in [9.17, 15) is 13.2 Å². The number of aromatic amines is 1. The van der Waals surface area contributed by atoms with Crippen LogP contribution in [0.1, 0.15) is 54.8 Å². The van der Waals surface area contributed by atoms with Gasteiger partial charge in [0.05, 0.1) is 22.0 Å². The normalized spacial score (nSPS) is 16.8. The van der Waals surface area contributed by atoms with Gasteiger partial charge in [0.1, 0.15) is 5.82 Å². The smallest absolute Gasteiger partial charge is 0.251 e. The highest BCUT2D eigenvalue weighted by Gasteiger charge is 2.26. The average molecular weight is 427 g/mol. The first-order chi connectivity index (χ1) is 14.4. The van der Waals surface area contributed by atoms with Gasteiger partial charge in [-0.05, 0) is 50.1 Å². The number of fused-ring (bicyclic) bond motifs is 1. The number of rotatable bonds is 5. The number of sulfonamides is 1. The van der Waals surface area contributed by atoms with Crippen LogP contribution in [0.4, 0.5) is 0 Å². The first-order valence-corrected chi connectivity index (χ1v) is 11.7. The largest absolute Gasteiger partial charge is 0.342 e. The Morgan fingerprint density at radius 3 is 2.53 bits per heavy atom. The Bertz CT molecular complexity index is 1110. The molecule has 0 radical (unpaired) electrons. The topological polar surface area (TPSA) is 95.2 Å². The molecular formula is C22H26N4O3S. The summed E-state index contributed by atoms with van der Waals surface area (Å²) in [7, 11) is -3.60. The summed E-state index contributed by atoms with van der Waals surface area (Å²) >= 11 is 0. The van der Waals surface area contributed by atoms with Crippen molar-refractivity contribution in [2.24, 2.45) is 0 Å². The van der Waals surface area contributed by atoms with Gasteiger partial charge in [0.15, 0.2) is 0 Å². The van der Waals surface area contributed by atoms with Crippen LogP contribution in [0, 0.1) is 0 Å². The maximum Gasteiger partial charge on any atom is 0.251 e. The van der Waals surface area contributed by atoms with E-state index in [0.29, 0.717) is 24.5 Å². The minimum atomic E-state index is -3.60. The SMILES string of the molecule is CC(NC(=O)c1cccc(S(=O)(=O)N2CCCCCC2)c1)c1nc2ccccc2[nH]1. The number of nitrogens with one attached hydrogen (secondary N) is 2. The number of amides is 1. The third-order valence-corrected chi connectivity index (χ3v) is 7.36. The minimum Gasteiger partial charge on any atom is -0.342 e. The molecule has 4 rings (SSSR count). The Labute approximate surface area is 176 Å². The predicted octanol–water partition coefficient (Wildman–Crippen LogP) is 3.62. The van der Waals surface area contributed by atoms with Gasteiger partial charge in [-0.25, -0.2) is 13.4 Å². The van der Waals surface area contributed by atoms with Crippen LogP contribution < -0.4 is 5.32 Å². The van der Waals surface area contributed by atoms with Gasteiger partial charge >= 0.3 is 0 Å². The predicted molar refractivity (Wildman–Crippen MR) is 116 cm³/mol. The molecule has 0 saturated carbocycles. The number of hydrogen-bond acceptors (Lipinski definition) is 4. The Kier molecular flexibility index (Phi) is 5.87. The van der Waals surface area contributed by atoms with Crippen molar-refractivity contribution in [1.82, 2.24) is 19.6 Å². The molecule has 2 aromatic carbocycles. The summed E-state index contributed by atoms with van der Waals surface area (Å²) in [5, 5.41) is 2.90. The van der Waals surface area contributed by atoms with E-state index in [1.165, 1.54) is 10.4 Å².